The van der Waals surface area contributed by atoms with Gasteiger partial charge < -0.3 is 10.2 Å². The molecule has 5 heteroatoms. The SMILES string of the molecule is CCCc1cncnc1N1CCC(NCc2ccncc2)CC1. The molecule has 1 aliphatic rings. The first-order valence-corrected chi connectivity index (χ1v) is 8.53. The van der Waals surface area contributed by atoms with Crippen LogP contribution >= 0.6 is 0 Å². The van der Waals surface area contributed by atoms with Crippen LogP contribution in [0.3, 0.4) is 0 Å². The number of nitrogens with one attached hydrogen (secondary N) is 1. The molecule has 3 rings (SSSR count). The number of anilines is 1. The standard InChI is InChI=1S/C18H25N5/c1-2-3-16-13-20-14-22-18(16)23-10-6-17(7-11-23)21-12-15-4-8-19-9-5-15/h4-5,8-9,13-14,17,21H,2-3,6-7,10-12H2,1H3. The summed E-state index contributed by atoms with van der Waals surface area (Å²) in [5.41, 5.74) is 2.57. The molecule has 1 saturated heterocycles. The second kappa shape index (κ2) is 8.02. The number of nitrogens with zero attached hydrogens (tertiary/aromatic N) is 4. The van der Waals surface area contributed by atoms with Crippen molar-refractivity contribution >= 4 is 5.82 Å². The van der Waals surface area contributed by atoms with E-state index in [0.29, 0.717) is 6.04 Å². The lowest BCUT2D eigenvalue weighted by Crippen LogP contribution is -2.43. The van der Waals surface area contributed by atoms with Crippen molar-refractivity contribution < 1.29 is 0 Å². The largest absolute Gasteiger partial charge is 0.356 e. The molecule has 122 valence electrons. The second-order valence-corrected chi connectivity index (χ2v) is 6.12. The van der Waals surface area contributed by atoms with Gasteiger partial charge in [0.25, 0.3) is 0 Å². The predicted octanol–water partition coefficient (Wildman–Crippen LogP) is 2.58. The van der Waals surface area contributed by atoms with Gasteiger partial charge in [-0.15, -0.1) is 0 Å². The number of hydrogen-bond acceptors (Lipinski definition) is 5. The highest BCUT2D eigenvalue weighted by Gasteiger charge is 2.21. The number of aromatic nitrogens is 3. The molecule has 2 aromatic heterocycles. The zero-order valence-electron chi connectivity index (χ0n) is 13.8. The molecule has 0 radical (unpaired) electrons. The van der Waals surface area contributed by atoms with Crippen LogP contribution in [0.2, 0.25) is 0 Å². The minimum atomic E-state index is 0.580. The van der Waals surface area contributed by atoms with Crippen molar-refractivity contribution in [2.75, 3.05) is 18.0 Å². The highest BCUT2D eigenvalue weighted by molar-refractivity contribution is 5.45. The van der Waals surface area contributed by atoms with Crippen molar-refractivity contribution in [1.29, 1.82) is 0 Å². The lowest BCUT2D eigenvalue weighted by Gasteiger charge is -2.34. The van der Waals surface area contributed by atoms with Crippen LogP contribution in [0.5, 0.6) is 0 Å². The fourth-order valence-electron chi connectivity index (χ4n) is 3.14. The summed E-state index contributed by atoms with van der Waals surface area (Å²) in [5.74, 6) is 1.13. The summed E-state index contributed by atoms with van der Waals surface area (Å²) in [7, 11) is 0. The van der Waals surface area contributed by atoms with Gasteiger partial charge in [0.2, 0.25) is 0 Å². The lowest BCUT2D eigenvalue weighted by atomic mass is 10.0. The topological polar surface area (TPSA) is 53.9 Å². The molecule has 1 aliphatic heterocycles. The monoisotopic (exact) mass is 311 g/mol. The first kappa shape index (κ1) is 15.9. The summed E-state index contributed by atoms with van der Waals surface area (Å²) in [6, 6.07) is 4.72. The van der Waals surface area contributed by atoms with Crippen molar-refractivity contribution in [2.45, 2.75) is 45.2 Å². The Hall–Kier alpha value is -2.01. The molecule has 0 saturated carbocycles. The number of hydrogen-bond donors (Lipinski definition) is 1. The minimum absolute atomic E-state index is 0.580. The zero-order chi connectivity index (χ0) is 15.9. The molecule has 0 amide bonds. The van der Waals surface area contributed by atoms with Crippen molar-refractivity contribution in [3.05, 3.63) is 48.2 Å². The minimum Gasteiger partial charge on any atom is -0.356 e. The van der Waals surface area contributed by atoms with Gasteiger partial charge in [-0.2, -0.15) is 0 Å². The molecular weight excluding hydrogens is 286 g/mol. The highest BCUT2D eigenvalue weighted by atomic mass is 15.2. The second-order valence-electron chi connectivity index (χ2n) is 6.12. The Morgan fingerprint density at radius 1 is 1.17 bits per heavy atom. The molecule has 5 nitrogen and oxygen atoms in total. The number of aryl methyl sites for hydroxylation is 1. The van der Waals surface area contributed by atoms with E-state index in [-0.39, 0.29) is 0 Å². The Kier molecular flexibility index (Phi) is 5.53. The molecule has 23 heavy (non-hydrogen) atoms. The third-order valence-corrected chi connectivity index (χ3v) is 4.42. The van der Waals surface area contributed by atoms with Crippen LogP contribution in [0.15, 0.2) is 37.1 Å². The highest BCUT2D eigenvalue weighted by Crippen LogP contribution is 2.22. The van der Waals surface area contributed by atoms with Gasteiger partial charge in [0, 0.05) is 49.8 Å². The van der Waals surface area contributed by atoms with Gasteiger partial charge in [0.05, 0.1) is 0 Å². The fraction of sp³-hybridized carbons (Fsp3) is 0.500. The first-order valence-electron chi connectivity index (χ1n) is 8.53. The maximum atomic E-state index is 4.53. The molecule has 0 aromatic carbocycles. The van der Waals surface area contributed by atoms with Crippen LogP contribution in [-0.4, -0.2) is 34.1 Å². The average Bonchev–Trinajstić information content (AvgIpc) is 2.62. The van der Waals surface area contributed by atoms with E-state index in [9.17, 15) is 0 Å². The van der Waals surface area contributed by atoms with E-state index in [4.69, 9.17) is 0 Å². The smallest absolute Gasteiger partial charge is 0.135 e. The van der Waals surface area contributed by atoms with Crippen LogP contribution in [-0.2, 0) is 13.0 Å². The summed E-state index contributed by atoms with van der Waals surface area (Å²) in [5, 5.41) is 3.66. The van der Waals surface area contributed by atoms with E-state index < -0.39 is 0 Å². The predicted molar refractivity (Wildman–Crippen MR) is 92.3 cm³/mol. The Morgan fingerprint density at radius 2 is 1.96 bits per heavy atom. The maximum Gasteiger partial charge on any atom is 0.135 e. The Bertz CT molecular complexity index is 593. The average molecular weight is 311 g/mol. The fourth-order valence-corrected chi connectivity index (χ4v) is 3.14. The molecule has 1 fully saturated rings. The normalized spacial score (nSPS) is 15.8. The third-order valence-electron chi connectivity index (χ3n) is 4.42. The summed E-state index contributed by atoms with van der Waals surface area (Å²) >= 11 is 0. The molecule has 3 heterocycles. The van der Waals surface area contributed by atoms with Gasteiger partial charge in [-0.1, -0.05) is 13.3 Å². The third kappa shape index (κ3) is 4.26. The number of rotatable bonds is 6. The molecule has 0 spiro atoms. The van der Waals surface area contributed by atoms with Gasteiger partial charge >= 0.3 is 0 Å². The van der Waals surface area contributed by atoms with Crippen LogP contribution in [0.1, 0.15) is 37.3 Å². The van der Waals surface area contributed by atoms with E-state index in [1.807, 2.05) is 18.6 Å². The Morgan fingerprint density at radius 3 is 2.70 bits per heavy atom. The Balaban J connectivity index is 1.52. The zero-order valence-corrected chi connectivity index (χ0v) is 13.8. The maximum absolute atomic E-state index is 4.53. The van der Waals surface area contributed by atoms with E-state index in [0.717, 1.165) is 51.1 Å². The number of piperidine rings is 1. The summed E-state index contributed by atoms with van der Waals surface area (Å²) in [6.07, 6.45) is 11.8. The molecule has 0 unspecified atom stereocenters. The van der Waals surface area contributed by atoms with E-state index >= 15 is 0 Å². The summed E-state index contributed by atoms with van der Waals surface area (Å²) < 4.78 is 0. The van der Waals surface area contributed by atoms with Gasteiger partial charge in [0.1, 0.15) is 12.1 Å². The Labute approximate surface area is 138 Å². The van der Waals surface area contributed by atoms with Crippen molar-refractivity contribution in [3.8, 4) is 0 Å². The molecule has 1 N–H and O–H groups in total. The number of pyridine rings is 1. The van der Waals surface area contributed by atoms with Gasteiger partial charge in [-0.05, 0) is 37.0 Å². The van der Waals surface area contributed by atoms with E-state index in [2.05, 4.69) is 44.2 Å². The molecule has 0 aliphatic carbocycles. The van der Waals surface area contributed by atoms with Crippen LogP contribution < -0.4 is 10.2 Å². The van der Waals surface area contributed by atoms with Crippen molar-refractivity contribution in [1.82, 2.24) is 20.3 Å². The lowest BCUT2D eigenvalue weighted by molar-refractivity contribution is 0.412. The molecule has 2 aromatic rings. The molecular formula is C18H25N5. The van der Waals surface area contributed by atoms with Crippen molar-refractivity contribution in [2.24, 2.45) is 0 Å². The van der Waals surface area contributed by atoms with Gasteiger partial charge in [0.15, 0.2) is 0 Å². The molecule has 0 bridgehead atoms. The molecule has 0 atom stereocenters. The summed E-state index contributed by atoms with van der Waals surface area (Å²) in [4.78, 5) is 15.2. The van der Waals surface area contributed by atoms with Crippen molar-refractivity contribution in [3.63, 3.8) is 0 Å². The van der Waals surface area contributed by atoms with E-state index in [1.54, 1.807) is 6.33 Å². The van der Waals surface area contributed by atoms with Gasteiger partial charge in [-0.3, -0.25) is 4.98 Å². The van der Waals surface area contributed by atoms with Crippen LogP contribution in [0.25, 0.3) is 0 Å². The summed E-state index contributed by atoms with van der Waals surface area (Å²) in [6.45, 7) is 5.23. The van der Waals surface area contributed by atoms with E-state index in [1.165, 1.54) is 11.1 Å². The van der Waals surface area contributed by atoms with Crippen LogP contribution in [0.4, 0.5) is 5.82 Å². The van der Waals surface area contributed by atoms with Gasteiger partial charge in [-0.25, -0.2) is 9.97 Å². The quantitative estimate of drug-likeness (QED) is 0.888. The first-order chi connectivity index (χ1) is 11.4. The van der Waals surface area contributed by atoms with Crippen LogP contribution in [0, 0.1) is 0 Å².